The highest BCUT2D eigenvalue weighted by molar-refractivity contribution is 5.78. The molecule has 3 aromatic rings. The van der Waals surface area contributed by atoms with E-state index in [0.29, 0.717) is 0 Å². The zero-order valence-corrected chi connectivity index (χ0v) is 11.2. The molecule has 2 aromatic carbocycles. The molecule has 1 aromatic heterocycles. The molecule has 19 heavy (non-hydrogen) atoms. The number of hydrogen-bond acceptors (Lipinski definition) is 2. The molecule has 0 radical (unpaired) electrons. The number of rotatable bonds is 2. The molecule has 1 atom stereocenters. The standard InChI is InChI=1S/C16H17N3/c1-11-4-3-5-14(8-11)19-10-18-15-9-13(12(2)17)6-7-16(15)19/h3-10,12H,17H2,1-2H3. The Labute approximate surface area is 112 Å². The minimum absolute atomic E-state index is 0.0357. The Bertz CT molecular complexity index is 726. The fourth-order valence-corrected chi connectivity index (χ4v) is 2.30. The number of nitrogens with zero attached hydrogens (tertiary/aromatic N) is 2. The van der Waals surface area contributed by atoms with E-state index in [-0.39, 0.29) is 6.04 Å². The lowest BCUT2D eigenvalue weighted by atomic mass is 10.1. The highest BCUT2D eigenvalue weighted by Crippen LogP contribution is 2.21. The third-order valence-electron chi connectivity index (χ3n) is 3.38. The summed E-state index contributed by atoms with van der Waals surface area (Å²) in [5.41, 5.74) is 11.5. The van der Waals surface area contributed by atoms with Crippen LogP contribution >= 0.6 is 0 Å². The Hall–Kier alpha value is -2.13. The molecule has 0 amide bonds. The topological polar surface area (TPSA) is 43.8 Å². The highest BCUT2D eigenvalue weighted by atomic mass is 15.0. The predicted molar refractivity (Wildman–Crippen MR) is 78.4 cm³/mol. The van der Waals surface area contributed by atoms with Gasteiger partial charge in [0.1, 0.15) is 6.33 Å². The van der Waals surface area contributed by atoms with Crippen molar-refractivity contribution in [3.63, 3.8) is 0 Å². The molecule has 0 spiro atoms. The lowest BCUT2D eigenvalue weighted by molar-refractivity contribution is 0.819. The molecule has 0 aliphatic rings. The summed E-state index contributed by atoms with van der Waals surface area (Å²) in [7, 11) is 0. The quantitative estimate of drug-likeness (QED) is 0.759. The SMILES string of the molecule is Cc1cccc(-n2cnc3cc(C(C)N)ccc32)c1. The molecule has 3 nitrogen and oxygen atoms in total. The minimum atomic E-state index is 0.0357. The van der Waals surface area contributed by atoms with E-state index in [4.69, 9.17) is 5.73 Å². The van der Waals surface area contributed by atoms with Crippen LogP contribution in [0.5, 0.6) is 0 Å². The maximum atomic E-state index is 5.91. The predicted octanol–water partition coefficient (Wildman–Crippen LogP) is 3.35. The first-order valence-electron chi connectivity index (χ1n) is 6.45. The van der Waals surface area contributed by atoms with Crippen molar-refractivity contribution in [3.8, 4) is 5.69 Å². The van der Waals surface area contributed by atoms with Crippen LogP contribution in [0, 0.1) is 6.92 Å². The van der Waals surface area contributed by atoms with E-state index in [0.717, 1.165) is 22.3 Å². The second-order valence-corrected chi connectivity index (χ2v) is 4.99. The van der Waals surface area contributed by atoms with E-state index < -0.39 is 0 Å². The van der Waals surface area contributed by atoms with Gasteiger partial charge in [-0.15, -0.1) is 0 Å². The Morgan fingerprint density at radius 3 is 2.74 bits per heavy atom. The summed E-state index contributed by atoms with van der Waals surface area (Å²) >= 11 is 0. The average molecular weight is 251 g/mol. The molecule has 3 heteroatoms. The average Bonchev–Trinajstić information content (AvgIpc) is 2.81. The van der Waals surface area contributed by atoms with Crippen molar-refractivity contribution in [2.24, 2.45) is 5.73 Å². The van der Waals surface area contributed by atoms with Crippen molar-refractivity contribution in [3.05, 3.63) is 59.9 Å². The van der Waals surface area contributed by atoms with Gasteiger partial charge in [0, 0.05) is 11.7 Å². The summed E-state index contributed by atoms with van der Waals surface area (Å²) in [4.78, 5) is 4.48. The zero-order valence-electron chi connectivity index (χ0n) is 11.2. The molecular formula is C16H17N3. The molecule has 0 saturated heterocycles. The third kappa shape index (κ3) is 2.13. The van der Waals surface area contributed by atoms with Crippen molar-refractivity contribution < 1.29 is 0 Å². The molecule has 0 fully saturated rings. The lowest BCUT2D eigenvalue weighted by Gasteiger charge is -2.07. The number of imidazole rings is 1. The summed E-state index contributed by atoms with van der Waals surface area (Å²) in [5.74, 6) is 0. The van der Waals surface area contributed by atoms with Crippen molar-refractivity contribution in [1.29, 1.82) is 0 Å². The molecule has 0 bridgehead atoms. The van der Waals surface area contributed by atoms with E-state index in [9.17, 15) is 0 Å². The first kappa shape index (κ1) is 11.9. The largest absolute Gasteiger partial charge is 0.324 e. The van der Waals surface area contributed by atoms with Gasteiger partial charge in [-0.05, 0) is 49.2 Å². The monoisotopic (exact) mass is 251 g/mol. The van der Waals surface area contributed by atoms with Gasteiger partial charge in [0.05, 0.1) is 11.0 Å². The molecule has 0 saturated carbocycles. The number of hydrogen-bond donors (Lipinski definition) is 1. The maximum absolute atomic E-state index is 5.91. The molecule has 1 unspecified atom stereocenters. The first-order chi connectivity index (χ1) is 9.15. The van der Waals surface area contributed by atoms with Gasteiger partial charge in [-0.1, -0.05) is 18.2 Å². The van der Waals surface area contributed by atoms with Gasteiger partial charge >= 0.3 is 0 Å². The molecular weight excluding hydrogens is 234 g/mol. The number of nitrogens with two attached hydrogens (primary N) is 1. The minimum Gasteiger partial charge on any atom is -0.324 e. The summed E-state index contributed by atoms with van der Waals surface area (Å²) in [6, 6.07) is 14.7. The van der Waals surface area contributed by atoms with Gasteiger partial charge in [-0.2, -0.15) is 0 Å². The van der Waals surface area contributed by atoms with Crippen LogP contribution in [0.4, 0.5) is 0 Å². The number of fused-ring (bicyclic) bond motifs is 1. The highest BCUT2D eigenvalue weighted by Gasteiger charge is 2.07. The van der Waals surface area contributed by atoms with Gasteiger partial charge in [-0.3, -0.25) is 4.57 Å². The number of aryl methyl sites for hydroxylation is 1. The second kappa shape index (κ2) is 4.52. The Morgan fingerprint density at radius 2 is 2.00 bits per heavy atom. The van der Waals surface area contributed by atoms with E-state index >= 15 is 0 Å². The number of benzene rings is 2. The van der Waals surface area contributed by atoms with Gasteiger partial charge in [0.2, 0.25) is 0 Å². The Kier molecular flexibility index (Phi) is 2.84. The van der Waals surface area contributed by atoms with Gasteiger partial charge in [0.15, 0.2) is 0 Å². The smallest absolute Gasteiger partial charge is 0.100 e. The summed E-state index contributed by atoms with van der Waals surface area (Å²) in [6.07, 6.45) is 1.87. The van der Waals surface area contributed by atoms with Crippen molar-refractivity contribution in [2.75, 3.05) is 0 Å². The van der Waals surface area contributed by atoms with Crippen LogP contribution in [0.15, 0.2) is 48.8 Å². The van der Waals surface area contributed by atoms with Gasteiger partial charge < -0.3 is 5.73 Å². The fourth-order valence-electron chi connectivity index (χ4n) is 2.30. The van der Waals surface area contributed by atoms with Gasteiger partial charge in [0.25, 0.3) is 0 Å². The Morgan fingerprint density at radius 1 is 1.16 bits per heavy atom. The van der Waals surface area contributed by atoms with E-state index in [1.54, 1.807) is 0 Å². The van der Waals surface area contributed by atoms with Crippen molar-refractivity contribution >= 4 is 11.0 Å². The Balaban J connectivity index is 2.16. The molecule has 1 heterocycles. The summed E-state index contributed by atoms with van der Waals surface area (Å²) < 4.78 is 2.10. The van der Waals surface area contributed by atoms with Crippen LogP contribution in [0.2, 0.25) is 0 Å². The van der Waals surface area contributed by atoms with Gasteiger partial charge in [-0.25, -0.2) is 4.98 Å². The van der Waals surface area contributed by atoms with E-state index in [1.165, 1.54) is 5.56 Å². The number of aromatic nitrogens is 2. The van der Waals surface area contributed by atoms with Crippen LogP contribution in [0.25, 0.3) is 16.7 Å². The second-order valence-electron chi connectivity index (χ2n) is 4.99. The van der Waals surface area contributed by atoms with Crippen LogP contribution < -0.4 is 5.73 Å². The van der Waals surface area contributed by atoms with Crippen molar-refractivity contribution in [1.82, 2.24) is 9.55 Å². The van der Waals surface area contributed by atoms with E-state index in [2.05, 4.69) is 58.9 Å². The maximum Gasteiger partial charge on any atom is 0.100 e. The lowest BCUT2D eigenvalue weighted by Crippen LogP contribution is -2.04. The zero-order chi connectivity index (χ0) is 13.4. The van der Waals surface area contributed by atoms with E-state index in [1.807, 2.05) is 13.3 Å². The van der Waals surface area contributed by atoms with Crippen LogP contribution in [-0.4, -0.2) is 9.55 Å². The fraction of sp³-hybridized carbons (Fsp3) is 0.188. The van der Waals surface area contributed by atoms with Crippen LogP contribution in [0.3, 0.4) is 0 Å². The molecule has 96 valence electrons. The first-order valence-corrected chi connectivity index (χ1v) is 6.45. The molecule has 0 aliphatic heterocycles. The van der Waals surface area contributed by atoms with Crippen LogP contribution in [0.1, 0.15) is 24.1 Å². The summed E-state index contributed by atoms with van der Waals surface area (Å²) in [6.45, 7) is 4.08. The van der Waals surface area contributed by atoms with Crippen LogP contribution in [-0.2, 0) is 0 Å². The summed E-state index contributed by atoms with van der Waals surface area (Å²) in [5, 5.41) is 0. The molecule has 0 aliphatic carbocycles. The molecule has 2 N–H and O–H groups in total. The van der Waals surface area contributed by atoms with Crippen molar-refractivity contribution in [2.45, 2.75) is 19.9 Å². The molecule has 3 rings (SSSR count). The third-order valence-corrected chi connectivity index (χ3v) is 3.38. The normalized spacial score (nSPS) is 12.8.